The van der Waals surface area contributed by atoms with Gasteiger partial charge in [0.15, 0.2) is 0 Å². The van der Waals surface area contributed by atoms with Crippen LogP contribution in [0.3, 0.4) is 0 Å². The van der Waals surface area contributed by atoms with Crippen molar-refractivity contribution >= 4 is 0 Å². The molecule has 21 heavy (non-hydrogen) atoms. The zero-order valence-corrected chi connectivity index (χ0v) is 12.9. The molecule has 126 valence electrons. The van der Waals surface area contributed by atoms with Gasteiger partial charge in [-0.1, -0.05) is 0 Å². The van der Waals surface area contributed by atoms with Gasteiger partial charge in [0.25, 0.3) is 0 Å². The Labute approximate surface area is 125 Å². The second-order valence-electron chi connectivity index (χ2n) is 5.70. The monoisotopic (exact) mass is 310 g/mol. The third-order valence-corrected chi connectivity index (χ3v) is 3.71. The van der Waals surface area contributed by atoms with E-state index in [1.54, 1.807) is 0 Å². The molecule has 1 saturated heterocycles. The first-order chi connectivity index (χ1) is 10.00. The summed E-state index contributed by atoms with van der Waals surface area (Å²) < 4.78 is 38.7. The Hall–Kier alpha value is -0.370. The summed E-state index contributed by atoms with van der Waals surface area (Å²) in [5.41, 5.74) is 0. The fourth-order valence-electron chi connectivity index (χ4n) is 2.43. The van der Waals surface area contributed by atoms with E-state index >= 15 is 0 Å². The third-order valence-electron chi connectivity index (χ3n) is 3.71. The van der Waals surface area contributed by atoms with E-state index in [2.05, 4.69) is 20.9 Å². The number of hydrogen-bond acceptors (Lipinski definition) is 4. The molecule has 3 N–H and O–H groups in total. The van der Waals surface area contributed by atoms with Gasteiger partial charge in [0, 0.05) is 0 Å². The van der Waals surface area contributed by atoms with Gasteiger partial charge in [-0.3, -0.25) is 0 Å². The summed E-state index contributed by atoms with van der Waals surface area (Å²) in [6.45, 7) is 5.29. The first-order valence-electron chi connectivity index (χ1n) is 7.90. The van der Waals surface area contributed by atoms with Gasteiger partial charge in [-0.2, -0.15) is 13.2 Å². The number of hydrogen-bond donors (Lipinski definition) is 3. The van der Waals surface area contributed by atoms with Crippen molar-refractivity contribution in [2.24, 2.45) is 0 Å². The highest BCUT2D eigenvalue weighted by Gasteiger charge is 2.38. The van der Waals surface area contributed by atoms with Gasteiger partial charge in [-0.05, 0) is 78.5 Å². The van der Waals surface area contributed by atoms with Crippen LogP contribution in [0.1, 0.15) is 25.7 Å². The smallest absolute Gasteiger partial charge is 0.317 e. The minimum atomic E-state index is -4.17. The fourth-order valence-corrected chi connectivity index (χ4v) is 2.43. The van der Waals surface area contributed by atoms with Gasteiger partial charge < -0.3 is 20.9 Å². The van der Waals surface area contributed by atoms with Crippen molar-refractivity contribution in [1.29, 1.82) is 0 Å². The van der Waals surface area contributed by atoms with Gasteiger partial charge in [-0.15, -0.1) is 0 Å². The number of halogens is 3. The summed E-state index contributed by atoms with van der Waals surface area (Å²) in [6, 6.07) is -1.40. The molecule has 0 aromatic carbocycles. The highest BCUT2D eigenvalue weighted by molar-refractivity contribution is 4.76. The first-order valence-corrected chi connectivity index (χ1v) is 7.90. The second-order valence-corrected chi connectivity index (χ2v) is 5.70. The van der Waals surface area contributed by atoms with Gasteiger partial charge in [0.2, 0.25) is 0 Å². The highest BCUT2D eigenvalue weighted by atomic mass is 19.4. The van der Waals surface area contributed by atoms with Crippen molar-refractivity contribution in [3.05, 3.63) is 0 Å². The maximum Gasteiger partial charge on any atom is 0.403 e. The standard InChI is InChI=1S/C14H29F3N4/c1-21-11-3-8-18-6-2-7-19-10-5-13(14(15,16)17)20-9-4-12-21/h13,18-20H,2-12H2,1H3. The van der Waals surface area contributed by atoms with E-state index < -0.39 is 12.2 Å². The van der Waals surface area contributed by atoms with Gasteiger partial charge in [0.05, 0.1) is 0 Å². The molecular weight excluding hydrogens is 281 g/mol. The minimum Gasteiger partial charge on any atom is -0.317 e. The zero-order chi connectivity index (χ0) is 15.6. The molecule has 0 aliphatic carbocycles. The van der Waals surface area contributed by atoms with Crippen LogP contribution in [0, 0.1) is 0 Å². The van der Waals surface area contributed by atoms with Crippen LogP contribution < -0.4 is 16.0 Å². The molecule has 1 aliphatic rings. The molecule has 0 aromatic rings. The predicted octanol–water partition coefficient (Wildman–Crippen LogP) is 1.19. The maximum atomic E-state index is 12.9. The molecule has 0 saturated carbocycles. The Bertz CT molecular complexity index is 261. The van der Waals surface area contributed by atoms with Gasteiger partial charge in [0.1, 0.15) is 6.04 Å². The first kappa shape index (κ1) is 18.7. The van der Waals surface area contributed by atoms with E-state index in [1.807, 2.05) is 7.05 Å². The third kappa shape index (κ3) is 9.29. The maximum absolute atomic E-state index is 12.9. The summed E-state index contributed by atoms with van der Waals surface area (Å²) in [5.74, 6) is 0. The van der Waals surface area contributed by atoms with Crippen molar-refractivity contribution in [2.45, 2.75) is 37.9 Å². The quantitative estimate of drug-likeness (QED) is 0.629. The van der Waals surface area contributed by atoms with Crippen molar-refractivity contribution in [3.8, 4) is 0 Å². The lowest BCUT2D eigenvalue weighted by Crippen LogP contribution is -2.45. The van der Waals surface area contributed by atoms with Gasteiger partial charge >= 0.3 is 6.18 Å². The number of rotatable bonds is 0. The van der Waals surface area contributed by atoms with E-state index in [9.17, 15) is 13.2 Å². The van der Waals surface area contributed by atoms with E-state index in [0.717, 1.165) is 52.0 Å². The van der Waals surface area contributed by atoms with Crippen LogP contribution in [-0.2, 0) is 0 Å². The summed E-state index contributed by atoms with van der Waals surface area (Å²) >= 11 is 0. The number of alkyl halides is 3. The summed E-state index contributed by atoms with van der Waals surface area (Å²) in [4.78, 5) is 2.18. The Balaban J connectivity index is 2.39. The molecule has 1 unspecified atom stereocenters. The van der Waals surface area contributed by atoms with Crippen LogP contribution in [0.2, 0.25) is 0 Å². The molecule has 0 bridgehead atoms. The molecule has 0 spiro atoms. The molecule has 1 fully saturated rings. The van der Waals surface area contributed by atoms with Crippen molar-refractivity contribution in [3.63, 3.8) is 0 Å². The minimum absolute atomic E-state index is 0.0900. The van der Waals surface area contributed by atoms with Crippen LogP contribution in [0.4, 0.5) is 13.2 Å². The molecule has 4 nitrogen and oxygen atoms in total. The second kappa shape index (κ2) is 10.4. The predicted molar refractivity (Wildman–Crippen MR) is 79.6 cm³/mol. The molecule has 0 amide bonds. The average molecular weight is 310 g/mol. The normalized spacial score (nSPS) is 26.6. The Kier molecular flexibility index (Phi) is 9.23. The molecule has 0 aromatic heterocycles. The molecule has 1 rings (SSSR count). The van der Waals surface area contributed by atoms with E-state index in [0.29, 0.717) is 13.1 Å². The molecule has 1 aliphatic heterocycles. The largest absolute Gasteiger partial charge is 0.403 e. The van der Waals surface area contributed by atoms with Crippen LogP contribution >= 0.6 is 0 Å². The summed E-state index contributed by atoms with van der Waals surface area (Å²) in [7, 11) is 2.02. The lowest BCUT2D eigenvalue weighted by molar-refractivity contribution is -0.157. The topological polar surface area (TPSA) is 39.3 Å². The summed E-state index contributed by atoms with van der Waals surface area (Å²) in [6.07, 6.45) is -1.32. The van der Waals surface area contributed by atoms with Crippen molar-refractivity contribution < 1.29 is 13.2 Å². The number of nitrogens with zero attached hydrogens (tertiary/aromatic N) is 1. The summed E-state index contributed by atoms with van der Waals surface area (Å²) in [5, 5.41) is 9.11. The Morgan fingerprint density at radius 2 is 1.43 bits per heavy atom. The SMILES string of the molecule is CN1CCCNCCCNCCC(C(F)(F)F)NCCC1. The highest BCUT2D eigenvalue weighted by Crippen LogP contribution is 2.22. The van der Waals surface area contributed by atoms with E-state index in [4.69, 9.17) is 0 Å². The average Bonchev–Trinajstić information content (AvgIpc) is 2.40. The molecular formula is C14H29F3N4. The number of nitrogens with one attached hydrogen (secondary N) is 3. The van der Waals surface area contributed by atoms with Crippen LogP contribution in [0.15, 0.2) is 0 Å². The van der Waals surface area contributed by atoms with Gasteiger partial charge in [-0.25, -0.2) is 0 Å². The van der Waals surface area contributed by atoms with Crippen molar-refractivity contribution in [2.75, 3.05) is 52.9 Å². The van der Waals surface area contributed by atoms with E-state index in [-0.39, 0.29) is 6.42 Å². The lowest BCUT2D eigenvalue weighted by Gasteiger charge is -2.23. The molecule has 0 radical (unpaired) electrons. The van der Waals surface area contributed by atoms with Crippen LogP contribution in [0.5, 0.6) is 0 Å². The Morgan fingerprint density at radius 1 is 0.857 bits per heavy atom. The van der Waals surface area contributed by atoms with Crippen LogP contribution in [0.25, 0.3) is 0 Å². The fraction of sp³-hybridized carbons (Fsp3) is 1.00. The van der Waals surface area contributed by atoms with E-state index in [1.165, 1.54) is 0 Å². The van der Waals surface area contributed by atoms with Crippen LogP contribution in [-0.4, -0.2) is 70.0 Å². The van der Waals surface area contributed by atoms with Crippen molar-refractivity contribution in [1.82, 2.24) is 20.9 Å². The Morgan fingerprint density at radius 3 is 2.10 bits per heavy atom. The lowest BCUT2D eigenvalue weighted by atomic mass is 10.2. The molecule has 7 heteroatoms. The molecule has 1 atom stereocenters. The molecule has 1 heterocycles. The zero-order valence-electron chi connectivity index (χ0n) is 12.9.